The Morgan fingerprint density at radius 1 is 0.939 bits per heavy atom. The minimum atomic E-state index is -0.961. The lowest BCUT2D eigenvalue weighted by atomic mass is 9.92. The van der Waals surface area contributed by atoms with Crippen LogP contribution in [0.3, 0.4) is 0 Å². The van der Waals surface area contributed by atoms with Gasteiger partial charge in [-0.2, -0.15) is 0 Å². The molecule has 0 saturated heterocycles. The van der Waals surface area contributed by atoms with Crippen molar-refractivity contribution in [2.75, 3.05) is 14.2 Å². The Bertz CT molecular complexity index is 1320. The summed E-state index contributed by atoms with van der Waals surface area (Å²) in [6, 6.07) is 17.1. The molecular formula is C26H21F2NO4. The number of benzene rings is 3. The number of halogens is 2. The predicted molar refractivity (Wildman–Crippen MR) is 120 cm³/mol. The fourth-order valence-electron chi connectivity index (χ4n) is 3.79. The van der Waals surface area contributed by atoms with Crippen molar-refractivity contribution >= 4 is 5.97 Å². The van der Waals surface area contributed by atoms with Gasteiger partial charge in [0.2, 0.25) is 0 Å². The smallest absolute Gasteiger partial charge is 0.340 e. The number of hydrogen-bond acceptors (Lipinski definition) is 5. The first-order valence-electron chi connectivity index (χ1n) is 10.2. The molecule has 0 spiro atoms. The molecule has 5 nitrogen and oxygen atoms in total. The molecule has 1 aromatic heterocycles. The Kier molecular flexibility index (Phi) is 6.33. The number of nitrogens with zero attached hydrogens (tertiary/aromatic N) is 1. The second-order valence-electron chi connectivity index (χ2n) is 7.44. The molecule has 3 aromatic carbocycles. The van der Waals surface area contributed by atoms with Crippen LogP contribution >= 0.6 is 0 Å². The van der Waals surface area contributed by atoms with Gasteiger partial charge in [0.15, 0.2) is 5.76 Å². The molecule has 0 radical (unpaired) electrons. The van der Waals surface area contributed by atoms with E-state index in [0.29, 0.717) is 12.4 Å². The molecule has 33 heavy (non-hydrogen) atoms. The Hall–Kier alpha value is -3.84. The number of carbonyl (C=O) groups excluding carboxylic acids is 1. The van der Waals surface area contributed by atoms with Crippen molar-refractivity contribution in [1.29, 1.82) is 0 Å². The molecule has 0 aliphatic rings. The summed E-state index contributed by atoms with van der Waals surface area (Å²) in [4.78, 5) is 11.6. The van der Waals surface area contributed by atoms with E-state index in [0.717, 1.165) is 47.1 Å². The summed E-state index contributed by atoms with van der Waals surface area (Å²) >= 11 is 0. The van der Waals surface area contributed by atoms with Gasteiger partial charge in [-0.15, -0.1) is 0 Å². The van der Waals surface area contributed by atoms with Crippen LogP contribution in [-0.4, -0.2) is 25.3 Å². The van der Waals surface area contributed by atoms with Crippen molar-refractivity contribution in [1.82, 2.24) is 5.16 Å². The Balaban J connectivity index is 1.77. The van der Waals surface area contributed by atoms with Crippen molar-refractivity contribution in [2.45, 2.75) is 13.5 Å². The van der Waals surface area contributed by atoms with E-state index in [4.69, 9.17) is 9.26 Å². The van der Waals surface area contributed by atoms with Gasteiger partial charge in [-0.05, 0) is 41.3 Å². The maximum absolute atomic E-state index is 14.7. The number of rotatable bonds is 6. The number of esters is 1. The molecule has 7 heteroatoms. The summed E-state index contributed by atoms with van der Waals surface area (Å²) < 4.78 is 44.4. The zero-order chi connectivity index (χ0) is 23.5. The zero-order valence-electron chi connectivity index (χ0n) is 18.3. The molecule has 0 bridgehead atoms. The maximum atomic E-state index is 14.7. The highest BCUT2D eigenvalue weighted by atomic mass is 19.1. The summed E-state index contributed by atoms with van der Waals surface area (Å²) in [5.74, 6) is -2.30. The first kappa shape index (κ1) is 22.4. The largest absolute Gasteiger partial charge is 0.465 e. The molecule has 168 valence electrons. The predicted octanol–water partition coefficient (Wildman–Crippen LogP) is 6.20. The molecule has 0 unspecified atom stereocenters. The van der Waals surface area contributed by atoms with Crippen LogP contribution in [0.2, 0.25) is 0 Å². The topological polar surface area (TPSA) is 61.6 Å². The lowest BCUT2D eigenvalue weighted by Crippen LogP contribution is -2.05. The quantitative estimate of drug-likeness (QED) is 0.328. The Morgan fingerprint density at radius 2 is 1.67 bits per heavy atom. The molecule has 0 amide bonds. The maximum Gasteiger partial charge on any atom is 0.340 e. The van der Waals surface area contributed by atoms with E-state index < -0.39 is 23.2 Å². The summed E-state index contributed by atoms with van der Waals surface area (Å²) in [5.41, 5.74) is 4.26. The molecule has 0 fully saturated rings. The first-order valence-corrected chi connectivity index (χ1v) is 10.2. The lowest BCUT2D eigenvalue weighted by molar-refractivity contribution is 0.0595. The van der Waals surface area contributed by atoms with Crippen molar-refractivity contribution in [3.05, 3.63) is 89.0 Å². The van der Waals surface area contributed by atoms with Crippen molar-refractivity contribution in [3.8, 4) is 33.7 Å². The van der Waals surface area contributed by atoms with Crippen LogP contribution in [0.1, 0.15) is 21.5 Å². The third-order valence-corrected chi connectivity index (χ3v) is 5.49. The van der Waals surface area contributed by atoms with Gasteiger partial charge >= 0.3 is 5.97 Å². The normalized spacial score (nSPS) is 10.9. The third kappa shape index (κ3) is 4.27. The summed E-state index contributed by atoms with van der Waals surface area (Å²) in [7, 11) is 2.70. The number of hydrogen-bond donors (Lipinski definition) is 0. The zero-order valence-corrected chi connectivity index (χ0v) is 18.3. The second kappa shape index (κ2) is 9.34. The molecule has 0 atom stereocenters. The number of methoxy groups -OCH3 is 2. The minimum absolute atomic E-state index is 0.103. The van der Waals surface area contributed by atoms with Gasteiger partial charge in [-0.1, -0.05) is 47.6 Å². The molecular weight excluding hydrogens is 428 g/mol. The highest BCUT2D eigenvalue weighted by Crippen LogP contribution is 2.36. The number of ether oxygens (including phenoxy) is 2. The molecule has 4 aromatic rings. The van der Waals surface area contributed by atoms with Gasteiger partial charge in [-0.3, -0.25) is 0 Å². The van der Waals surface area contributed by atoms with Crippen molar-refractivity contribution in [3.63, 3.8) is 0 Å². The van der Waals surface area contributed by atoms with Gasteiger partial charge in [0.25, 0.3) is 0 Å². The number of aromatic nitrogens is 1. The van der Waals surface area contributed by atoms with E-state index in [1.807, 2.05) is 49.4 Å². The fourth-order valence-corrected chi connectivity index (χ4v) is 3.79. The second-order valence-corrected chi connectivity index (χ2v) is 7.44. The van der Waals surface area contributed by atoms with Crippen LogP contribution < -0.4 is 0 Å². The van der Waals surface area contributed by atoms with Gasteiger partial charge in [-0.25, -0.2) is 13.6 Å². The van der Waals surface area contributed by atoms with E-state index in [2.05, 4.69) is 9.89 Å². The van der Waals surface area contributed by atoms with Crippen LogP contribution in [-0.2, 0) is 16.1 Å². The van der Waals surface area contributed by atoms with E-state index >= 15 is 0 Å². The van der Waals surface area contributed by atoms with Crippen LogP contribution in [0.5, 0.6) is 0 Å². The standard InChI is InChI=1S/C26H21F2NO4/c1-15-17(16-7-5-4-6-8-16)9-10-18(21(15)14-31-2)25-13-24(29-33-25)19-11-23(28)20(12-22(19)27)26(30)32-3/h4-13H,14H2,1-3H3. The highest BCUT2D eigenvalue weighted by molar-refractivity contribution is 5.90. The molecule has 0 N–H and O–H groups in total. The monoisotopic (exact) mass is 449 g/mol. The third-order valence-electron chi connectivity index (χ3n) is 5.49. The van der Waals surface area contributed by atoms with Gasteiger partial charge < -0.3 is 14.0 Å². The Morgan fingerprint density at radius 3 is 2.36 bits per heavy atom. The average molecular weight is 449 g/mol. The first-order chi connectivity index (χ1) is 15.9. The van der Waals surface area contributed by atoms with Gasteiger partial charge in [0.1, 0.15) is 17.3 Å². The molecule has 0 aliphatic carbocycles. The van der Waals surface area contributed by atoms with E-state index in [9.17, 15) is 13.6 Å². The summed E-state index contributed by atoms with van der Waals surface area (Å²) in [6.45, 7) is 2.33. The minimum Gasteiger partial charge on any atom is -0.465 e. The van der Waals surface area contributed by atoms with Crippen LogP contribution in [0, 0.1) is 18.6 Å². The van der Waals surface area contributed by atoms with E-state index in [-0.39, 0.29) is 11.3 Å². The molecule has 1 heterocycles. The molecule has 0 aliphatic heterocycles. The Labute approximate surface area is 189 Å². The average Bonchev–Trinajstić information content (AvgIpc) is 3.31. The SMILES string of the molecule is COCc1c(-c2cc(-c3cc(F)c(C(=O)OC)cc3F)no2)ccc(-c2ccccc2)c1C. The molecule has 4 rings (SSSR count). The highest BCUT2D eigenvalue weighted by Gasteiger charge is 2.21. The summed E-state index contributed by atoms with van der Waals surface area (Å²) in [6.07, 6.45) is 0. The van der Waals surface area contributed by atoms with Gasteiger partial charge in [0.05, 0.1) is 19.3 Å². The summed E-state index contributed by atoms with van der Waals surface area (Å²) in [5, 5.41) is 3.93. The lowest BCUT2D eigenvalue weighted by Gasteiger charge is -2.15. The van der Waals surface area contributed by atoms with Crippen LogP contribution in [0.15, 0.2) is 65.2 Å². The van der Waals surface area contributed by atoms with Crippen molar-refractivity contribution < 1.29 is 27.6 Å². The molecule has 0 saturated carbocycles. The van der Waals surface area contributed by atoms with Crippen molar-refractivity contribution in [2.24, 2.45) is 0 Å². The van der Waals surface area contributed by atoms with E-state index in [1.165, 1.54) is 6.07 Å². The van der Waals surface area contributed by atoms with Crippen LogP contribution in [0.25, 0.3) is 33.7 Å². The van der Waals surface area contributed by atoms with Crippen LogP contribution in [0.4, 0.5) is 8.78 Å². The van der Waals surface area contributed by atoms with Gasteiger partial charge in [0, 0.05) is 24.3 Å². The number of carbonyl (C=O) groups is 1. The fraction of sp³-hybridized carbons (Fsp3) is 0.154. The van der Waals surface area contributed by atoms with E-state index in [1.54, 1.807) is 7.11 Å².